The fraction of sp³-hybridized carbons (Fsp3) is 0.467. The monoisotopic (exact) mass is 262 g/mol. The van der Waals surface area contributed by atoms with Crippen molar-refractivity contribution in [2.24, 2.45) is 0 Å². The molecule has 0 aliphatic carbocycles. The lowest BCUT2D eigenvalue weighted by molar-refractivity contribution is -0.156. The summed E-state index contributed by atoms with van der Waals surface area (Å²) in [6.45, 7) is 7.60. The Morgan fingerprint density at radius 2 is 2.05 bits per heavy atom. The van der Waals surface area contributed by atoms with Gasteiger partial charge in [-0.05, 0) is 39.3 Å². The highest BCUT2D eigenvalue weighted by Gasteiger charge is 2.26. The maximum absolute atomic E-state index is 12.0. The molecule has 2 rings (SSSR count). The van der Waals surface area contributed by atoms with Crippen molar-refractivity contribution in [2.75, 3.05) is 0 Å². The van der Waals surface area contributed by atoms with E-state index in [9.17, 15) is 9.59 Å². The van der Waals surface area contributed by atoms with E-state index in [0.717, 1.165) is 11.1 Å². The van der Waals surface area contributed by atoms with Crippen LogP contribution in [0, 0.1) is 0 Å². The number of benzene rings is 1. The van der Waals surface area contributed by atoms with E-state index in [4.69, 9.17) is 9.47 Å². The quantitative estimate of drug-likeness (QED) is 0.769. The molecule has 1 aromatic carbocycles. The highest BCUT2D eigenvalue weighted by Crippen LogP contribution is 2.26. The van der Waals surface area contributed by atoms with E-state index in [0.29, 0.717) is 5.56 Å². The summed E-state index contributed by atoms with van der Waals surface area (Å²) in [4.78, 5) is 23.4. The first-order chi connectivity index (χ1) is 8.78. The molecule has 0 radical (unpaired) electrons. The number of esters is 2. The SMILES string of the molecule is C[C@H](C(=O)OC(C)(C)C)c1ccc2c(c1)COC2=O. The Labute approximate surface area is 112 Å². The third kappa shape index (κ3) is 2.95. The third-order valence-corrected chi connectivity index (χ3v) is 2.97. The number of cyclic esters (lactones) is 1. The molecule has 1 heterocycles. The Balaban J connectivity index is 2.19. The predicted molar refractivity (Wildman–Crippen MR) is 69.8 cm³/mol. The first-order valence-corrected chi connectivity index (χ1v) is 6.31. The van der Waals surface area contributed by atoms with E-state index in [-0.39, 0.29) is 24.5 Å². The van der Waals surface area contributed by atoms with Crippen LogP contribution in [-0.4, -0.2) is 17.5 Å². The number of rotatable bonds is 2. The van der Waals surface area contributed by atoms with Crippen LogP contribution >= 0.6 is 0 Å². The Morgan fingerprint density at radius 3 is 2.68 bits per heavy atom. The van der Waals surface area contributed by atoms with Crippen molar-refractivity contribution in [3.63, 3.8) is 0 Å². The summed E-state index contributed by atoms with van der Waals surface area (Å²) in [5, 5.41) is 0. The summed E-state index contributed by atoms with van der Waals surface area (Å²) in [6.07, 6.45) is 0. The average molecular weight is 262 g/mol. The lowest BCUT2D eigenvalue weighted by atomic mass is 9.97. The molecule has 1 atom stereocenters. The van der Waals surface area contributed by atoms with Crippen LogP contribution in [0.5, 0.6) is 0 Å². The molecule has 1 aromatic rings. The Morgan fingerprint density at radius 1 is 1.37 bits per heavy atom. The number of hydrogen-bond donors (Lipinski definition) is 0. The molecule has 0 spiro atoms. The van der Waals surface area contributed by atoms with Gasteiger partial charge in [-0.1, -0.05) is 12.1 Å². The lowest BCUT2D eigenvalue weighted by Gasteiger charge is -2.22. The zero-order valence-electron chi connectivity index (χ0n) is 11.6. The molecular weight excluding hydrogens is 244 g/mol. The maximum Gasteiger partial charge on any atom is 0.338 e. The van der Waals surface area contributed by atoms with Crippen LogP contribution in [-0.2, 0) is 20.9 Å². The summed E-state index contributed by atoms with van der Waals surface area (Å²) in [6, 6.07) is 5.33. The minimum atomic E-state index is -0.499. The standard InChI is InChI=1S/C15H18O4/c1-9(13(16)19-15(2,3)4)10-5-6-12-11(7-10)8-18-14(12)17/h5-7,9H,8H2,1-4H3/t9-/m0/s1. The lowest BCUT2D eigenvalue weighted by Crippen LogP contribution is -2.26. The number of fused-ring (bicyclic) bond motifs is 1. The number of carbonyl (C=O) groups excluding carboxylic acids is 2. The molecule has 0 bridgehead atoms. The second-order valence-corrected chi connectivity index (χ2v) is 5.75. The zero-order chi connectivity index (χ0) is 14.2. The van der Waals surface area contributed by atoms with Gasteiger partial charge in [0, 0.05) is 5.56 Å². The minimum Gasteiger partial charge on any atom is -0.460 e. The van der Waals surface area contributed by atoms with E-state index in [1.807, 2.05) is 26.8 Å². The zero-order valence-corrected chi connectivity index (χ0v) is 11.6. The first-order valence-electron chi connectivity index (χ1n) is 6.31. The van der Waals surface area contributed by atoms with Crippen LogP contribution < -0.4 is 0 Å². The molecule has 0 unspecified atom stereocenters. The second kappa shape index (κ2) is 4.68. The van der Waals surface area contributed by atoms with Gasteiger partial charge in [0.15, 0.2) is 0 Å². The van der Waals surface area contributed by atoms with Crippen LogP contribution in [0.3, 0.4) is 0 Å². The largest absolute Gasteiger partial charge is 0.460 e. The number of hydrogen-bond acceptors (Lipinski definition) is 4. The van der Waals surface area contributed by atoms with Gasteiger partial charge in [0.05, 0.1) is 11.5 Å². The maximum atomic E-state index is 12.0. The van der Waals surface area contributed by atoms with Gasteiger partial charge >= 0.3 is 11.9 Å². The molecule has 0 N–H and O–H groups in total. The van der Waals surface area contributed by atoms with Gasteiger partial charge in [-0.25, -0.2) is 4.79 Å². The van der Waals surface area contributed by atoms with Gasteiger partial charge in [-0.2, -0.15) is 0 Å². The topological polar surface area (TPSA) is 52.6 Å². The highest BCUT2D eigenvalue weighted by atomic mass is 16.6. The molecular formula is C15H18O4. The van der Waals surface area contributed by atoms with Crippen molar-refractivity contribution in [3.05, 3.63) is 34.9 Å². The highest BCUT2D eigenvalue weighted by molar-refractivity contribution is 5.93. The van der Waals surface area contributed by atoms with E-state index in [1.165, 1.54) is 0 Å². The fourth-order valence-corrected chi connectivity index (χ4v) is 1.95. The Hall–Kier alpha value is -1.84. The van der Waals surface area contributed by atoms with Gasteiger partial charge in [0.2, 0.25) is 0 Å². The molecule has 0 aromatic heterocycles. The van der Waals surface area contributed by atoms with Crippen molar-refractivity contribution >= 4 is 11.9 Å². The van der Waals surface area contributed by atoms with Crippen LogP contribution in [0.25, 0.3) is 0 Å². The number of ether oxygens (including phenoxy) is 2. The van der Waals surface area contributed by atoms with Crippen molar-refractivity contribution in [1.29, 1.82) is 0 Å². The van der Waals surface area contributed by atoms with Gasteiger partial charge in [0.1, 0.15) is 12.2 Å². The summed E-state index contributed by atoms with van der Waals surface area (Å²) in [5.41, 5.74) is 1.76. The van der Waals surface area contributed by atoms with Crippen LogP contribution in [0.4, 0.5) is 0 Å². The molecule has 1 aliphatic heterocycles. The molecule has 4 heteroatoms. The van der Waals surface area contributed by atoms with E-state index >= 15 is 0 Å². The van der Waals surface area contributed by atoms with Gasteiger partial charge in [-0.3, -0.25) is 4.79 Å². The van der Waals surface area contributed by atoms with Crippen molar-refractivity contribution in [1.82, 2.24) is 0 Å². The van der Waals surface area contributed by atoms with E-state index < -0.39 is 5.60 Å². The molecule has 0 fully saturated rings. The molecule has 0 saturated carbocycles. The average Bonchev–Trinajstić information content (AvgIpc) is 2.67. The second-order valence-electron chi connectivity index (χ2n) is 5.75. The molecule has 1 aliphatic rings. The minimum absolute atomic E-state index is 0.266. The summed E-state index contributed by atoms with van der Waals surface area (Å²) in [5.74, 6) is -0.926. The van der Waals surface area contributed by atoms with Crippen molar-refractivity contribution in [3.8, 4) is 0 Å². The van der Waals surface area contributed by atoms with Gasteiger partial charge in [0.25, 0.3) is 0 Å². The van der Waals surface area contributed by atoms with Crippen LogP contribution in [0.2, 0.25) is 0 Å². The first kappa shape index (κ1) is 13.6. The summed E-state index contributed by atoms with van der Waals surface area (Å²) < 4.78 is 10.3. The van der Waals surface area contributed by atoms with E-state index in [1.54, 1.807) is 19.1 Å². The summed E-state index contributed by atoms with van der Waals surface area (Å²) >= 11 is 0. The smallest absolute Gasteiger partial charge is 0.338 e. The molecule has 102 valence electrons. The normalized spacial score (nSPS) is 15.7. The van der Waals surface area contributed by atoms with E-state index in [2.05, 4.69) is 0 Å². The molecule has 0 saturated heterocycles. The number of carbonyl (C=O) groups is 2. The van der Waals surface area contributed by atoms with Crippen LogP contribution in [0.1, 0.15) is 55.1 Å². The fourth-order valence-electron chi connectivity index (χ4n) is 1.95. The molecule has 4 nitrogen and oxygen atoms in total. The molecule has 0 amide bonds. The van der Waals surface area contributed by atoms with Crippen LogP contribution in [0.15, 0.2) is 18.2 Å². The molecule has 19 heavy (non-hydrogen) atoms. The predicted octanol–water partition coefficient (Wildman–Crippen LogP) is 2.80. The van der Waals surface area contributed by atoms with Gasteiger partial charge in [-0.15, -0.1) is 0 Å². The van der Waals surface area contributed by atoms with Crippen molar-refractivity contribution < 1.29 is 19.1 Å². The Bertz CT molecular complexity index is 525. The van der Waals surface area contributed by atoms with Crippen molar-refractivity contribution in [2.45, 2.75) is 45.8 Å². The Kier molecular flexibility index (Phi) is 3.35. The van der Waals surface area contributed by atoms with Gasteiger partial charge < -0.3 is 9.47 Å². The summed E-state index contributed by atoms with van der Waals surface area (Å²) in [7, 11) is 0. The third-order valence-electron chi connectivity index (χ3n) is 2.97.